The molecule has 4 heteroatoms. The van der Waals surface area contributed by atoms with E-state index in [-0.39, 0.29) is 0 Å². The molecular weight excluding hydrogens is 645 g/mol. The van der Waals surface area contributed by atoms with E-state index in [1.807, 2.05) is 72.8 Å². The number of hydrogen-bond donors (Lipinski definition) is 0. The first-order valence-electron chi connectivity index (χ1n) is 17.6. The fourth-order valence-electron chi connectivity index (χ4n) is 7.09. The monoisotopic (exact) mass is 678 g/mol. The van der Waals surface area contributed by atoms with Crippen LogP contribution in [0.5, 0.6) is 0 Å². The zero-order chi connectivity index (χ0) is 36.0. The van der Waals surface area contributed by atoms with Gasteiger partial charge in [0.2, 0.25) is 0 Å². The van der Waals surface area contributed by atoms with Crippen molar-refractivity contribution in [2.24, 2.45) is 0 Å². The van der Waals surface area contributed by atoms with Gasteiger partial charge in [-0.2, -0.15) is 10.5 Å². The van der Waals surface area contributed by atoms with E-state index in [2.05, 4.69) is 143 Å². The molecule has 4 nitrogen and oxygen atoms in total. The minimum absolute atomic E-state index is 0.319. The number of anilines is 6. The number of hydrogen-bond acceptors (Lipinski definition) is 4. The van der Waals surface area contributed by atoms with Gasteiger partial charge in [0.15, 0.2) is 0 Å². The van der Waals surface area contributed by atoms with Crippen LogP contribution >= 0.6 is 0 Å². The summed E-state index contributed by atoms with van der Waals surface area (Å²) in [7, 11) is 0. The highest BCUT2D eigenvalue weighted by atomic mass is 15.1. The van der Waals surface area contributed by atoms with Gasteiger partial charge >= 0.3 is 0 Å². The maximum atomic E-state index is 10.5. The second kappa shape index (κ2) is 14.8. The quantitative estimate of drug-likeness (QED) is 0.143. The van der Waals surface area contributed by atoms with E-state index in [4.69, 9.17) is 0 Å². The van der Waals surface area contributed by atoms with E-state index >= 15 is 0 Å². The van der Waals surface area contributed by atoms with Crippen molar-refractivity contribution in [2.75, 3.05) is 9.80 Å². The van der Waals surface area contributed by atoms with Gasteiger partial charge in [-0.05, 0) is 82.6 Å². The molecule has 0 aromatic heterocycles. The van der Waals surface area contributed by atoms with E-state index in [1.165, 1.54) is 0 Å². The van der Waals surface area contributed by atoms with Crippen molar-refractivity contribution in [1.82, 2.24) is 0 Å². The summed E-state index contributed by atoms with van der Waals surface area (Å²) in [4.78, 5) is 4.48. The summed E-state index contributed by atoms with van der Waals surface area (Å²) in [6.45, 7) is 0. The topological polar surface area (TPSA) is 54.1 Å². The molecule has 0 saturated carbocycles. The minimum Gasteiger partial charge on any atom is -0.310 e. The van der Waals surface area contributed by atoms with Crippen LogP contribution < -0.4 is 9.80 Å². The maximum Gasteiger partial charge on any atom is 0.101 e. The number of benzene rings is 8. The molecule has 0 N–H and O–H groups in total. The van der Waals surface area contributed by atoms with Gasteiger partial charge in [0.1, 0.15) is 6.07 Å². The number of nitriles is 2. The molecule has 0 atom stereocenters. The van der Waals surface area contributed by atoms with Gasteiger partial charge in [0, 0.05) is 39.9 Å². The summed E-state index contributed by atoms with van der Waals surface area (Å²) in [6, 6.07) is 71.0. The number of nitrogens with zero attached hydrogens (tertiary/aromatic N) is 4. The van der Waals surface area contributed by atoms with Crippen molar-refractivity contribution in [2.45, 2.75) is 6.42 Å². The van der Waals surface area contributed by atoms with Crippen molar-refractivity contribution >= 4 is 61.2 Å². The van der Waals surface area contributed by atoms with Crippen LogP contribution in [0.3, 0.4) is 0 Å². The van der Waals surface area contributed by atoms with Crippen LogP contribution in [-0.2, 0) is 6.42 Å². The first-order valence-corrected chi connectivity index (χ1v) is 17.6. The first-order chi connectivity index (χ1) is 26.2. The van der Waals surface area contributed by atoms with Crippen molar-refractivity contribution in [3.05, 3.63) is 211 Å². The highest BCUT2D eigenvalue weighted by molar-refractivity contribution is 6.00. The first kappa shape index (κ1) is 32.8. The van der Waals surface area contributed by atoms with Gasteiger partial charge in [-0.1, -0.05) is 133 Å². The van der Waals surface area contributed by atoms with Gasteiger partial charge in [-0.15, -0.1) is 0 Å². The number of fused-ring (bicyclic) bond motifs is 2. The van der Waals surface area contributed by atoms with Crippen molar-refractivity contribution in [3.8, 4) is 12.1 Å². The number of para-hydroxylation sites is 2. The summed E-state index contributed by atoms with van der Waals surface area (Å²) in [5, 5.41) is 25.5. The molecule has 0 fully saturated rings. The Morgan fingerprint density at radius 1 is 0.415 bits per heavy atom. The molecule has 0 radical (unpaired) electrons. The molecule has 0 aliphatic rings. The second-order valence-electron chi connectivity index (χ2n) is 12.8. The highest BCUT2D eigenvalue weighted by Crippen LogP contribution is 2.41. The average Bonchev–Trinajstić information content (AvgIpc) is 3.22. The van der Waals surface area contributed by atoms with Crippen molar-refractivity contribution < 1.29 is 0 Å². The van der Waals surface area contributed by atoms with E-state index in [0.29, 0.717) is 23.1 Å². The van der Waals surface area contributed by atoms with E-state index in [0.717, 1.165) is 61.2 Å². The molecule has 0 saturated heterocycles. The van der Waals surface area contributed by atoms with Crippen LogP contribution in [0.2, 0.25) is 0 Å². The third kappa shape index (κ3) is 6.62. The molecule has 0 aliphatic heterocycles. The third-order valence-electron chi connectivity index (χ3n) is 9.56. The highest BCUT2D eigenvalue weighted by Gasteiger charge is 2.18. The molecule has 8 rings (SSSR count). The van der Waals surface area contributed by atoms with Crippen LogP contribution in [0.1, 0.15) is 11.1 Å². The summed E-state index contributed by atoms with van der Waals surface area (Å²) < 4.78 is 0. The van der Waals surface area contributed by atoms with Crippen LogP contribution in [-0.4, -0.2) is 0 Å². The molecule has 53 heavy (non-hydrogen) atoms. The fourth-order valence-corrected chi connectivity index (χ4v) is 7.09. The lowest BCUT2D eigenvalue weighted by Gasteiger charge is -2.27. The smallest absolute Gasteiger partial charge is 0.101 e. The Kier molecular flexibility index (Phi) is 9.18. The lowest BCUT2D eigenvalue weighted by molar-refractivity contribution is 1.19. The van der Waals surface area contributed by atoms with E-state index < -0.39 is 0 Å². The molecular formula is C49H34N4. The molecule has 0 spiro atoms. The van der Waals surface area contributed by atoms with Crippen molar-refractivity contribution in [3.63, 3.8) is 0 Å². The predicted octanol–water partition coefficient (Wildman–Crippen LogP) is 13.0. The zero-order valence-electron chi connectivity index (χ0n) is 29.0. The molecule has 8 aromatic carbocycles. The molecule has 0 unspecified atom stereocenters. The Morgan fingerprint density at radius 3 is 1.42 bits per heavy atom. The molecule has 250 valence electrons. The zero-order valence-corrected chi connectivity index (χ0v) is 29.0. The Bertz CT molecular complexity index is 2660. The Morgan fingerprint density at radius 2 is 0.868 bits per heavy atom. The minimum atomic E-state index is 0.319. The van der Waals surface area contributed by atoms with E-state index in [1.54, 1.807) is 0 Å². The fraction of sp³-hybridized carbons (Fsp3) is 0.0204. The average molecular weight is 679 g/mol. The molecule has 0 bridgehead atoms. The summed E-state index contributed by atoms with van der Waals surface area (Å²) in [5.74, 6) is 0. The van der Waals surface area contributed by atoms with Crippen LogP contribution in [0, 0.1) is 22.7 Å². The second-order valence-corrected chi connectivity index (χ2v) is 12.8. The molecule has 8 aromatic rings. The van der Waals surface area contributed by atoms with Gasteiger partial charge in [0.05, 0.1) is 28.6 Å². The lowest BCUT2D eigenvalue weighted by atomic mass is 9.95. The van der Waals surface area contributed by atoms with Crippen LogP contribution in [0.4, 0.5) is 34.1 Å². The lowest BCUT2D eigenvalue weighted by Crippen LogP contribution is -2.11. The van der Waals surface area contributed by atoms with Gasteiger partial charge < -0.3 is 9.80 Å². The van der Waals surface area contributed by atoms with E-state index in [9.17, 15) is 10.5 Å². The summed E-state index contributed by atoms with van der Waals surface area (Å²) in [5.41, 5.74) is 8.54. The Balaban J connectivity index is 1.15. The van der Waals surface area contributed by atoms with Gasteiger partial charge in [-0.3, -0.25) is 0 Å². The Hall–Kier alpha value is -7.40. The van der Waals surface area contributed by atoms with Crippen LogP contribution in [0.15, 0.2) is 200 Å². The largest absolute Gasteiger partial charge is 0.310 e. The van der Waals surface area contributed by atoms with Crippen LogP contribution in [0.25, 0.3) is 27.1 Å². The number of allylic oxidation sites excluding steroid dienone is 2. The Labute approximate surface area is 310 Å². The standard InChI is InChI=1S/C49H34N4/c50-34-40(32-36-14-11-23-44(33-36)53(42-21-5-2-6-22-42)49-27-13-18-38-16-8-10-25-46(38)49)47(35-51)39-28-30-43(31-29-39)52(41-19-3-1-4-20-41)48-26-12-17-37-15-7-9-24-45(37)48/h1-31,33H,32H2/b47-40-. The molecule has 0 heterocycles. The summed E-state index contributed by atoms with van der Waals surface area (Å²) >= 11 is 0. The van der Waals surface area contributed by atoms with Gasteiger partial charge in [-0.25, -0.2) is 0 Å². The molecule has 0 amide bonds. The summed E-state index contributed by atoms with van der Waals surface area (Å²) in [6.07, 6.45) is 0.319. The van der Waals surface area contributed by atoms with Gasteiger partial charge in [0.25, 0.3) is 0 Å². The maximum absolute atomic E-state index is 10.5. The van der Waals surface area contributed by atoms with Crippen molar-refractivity contribution in [1.29, 1.82) is 10.5 Å². The number of rotatable bonds is 9. The SMILES string of the molecule is N#C/C(Cc1cccc(N(c2ccccc2)c2cccc3ccccc23)c1)=C(/C#N)c1ccc(N(c2ccccc2)c2cccc3ccccc23)cc1. The third-order valence-corrected chi connectivity index (χ3v) is 9.56. The normalized spacial score (nSPS) is 11.4. The predicted molar refractivity (Wildman–Crippen MR) is 219 cm³/mol. The molecule has 0 aliphatic carbocycles.